The molecular formula is C28H36ClN5O4. The summed E-state index contributed by atoms with van der Waals surface area (Å²) in [5.41, 5.74) is 2.46. The van der Waals surface area contributed by atoms with Crippen molar-refractivity contribution in [2.24, 2.45) is 5.10 Å². The topological polar surface area (TPSA) is 86.7 Å². The number of benzene rings is 2. The first-order valence-corrected chi connectivity index (χ1v) is 13.5. The molecule has 1 saturated heterocycles. The fourth-order valence-electron chi connectivity index (χ4n) is 4.62. The Balaban J connectivity index is 1.57. The number of halogens is 1. The van der Waals surface area contributed by atoms with Crippen molar-refractivity contribution in [2.45, 2.75) is 25.8 Å². The Bertz CT molecular complexity index is 1140. The Morgan fingerprint density at radius 1 is 1.18 bits per heavy atom. The minimum Gasteiger partial charge on any atom is -0.497 e. The van der Waals surface area contributed by atoms with Gasteiger partial charge in [0.05, 0.1) is 32.1 Å². The van der Waals surface area contributed by atoms with Crippen molar-refractivity contribution in [2.75, 3.05) is 59.6 Å². The fourth-order valence-corrected chi connectivity index (χ4v) is 4.89. The summed E-state index contributed by atoms with van der Waals surface area (Å²) in [5, 5.41) is 9.74. The third-order valence-corrected chi connectivity index (χ3v) is 7.11. The summed E-state index contributed by atoms with van der Waals surface area (Å²) in [6.07, 6.45) is 1.31. The highest BCUT2D eigenvalue weighted by Gasteiger charge is 2.35. The highest BCUT2D eigenvalue weighted by Crippen LogP contribution is 2.36. The summed E-state index contributed by atoms with van der Waals surface area (Å²) < 4.78 is 10.8. The molecule has 2 aromatic carbocycles. The highest BCUT2D eigenvalue weighted by atomic mass is 35.5. The van der Waals surface area contributed by atoms with Gasteiger partial charge >= 0.3 is 6.03 Å². The standard InChI is InChI=1S/C28H36ClN5O4/c1-3-11-30-28(36)33(13-12-32-14-16-38-17-15-32)20-27(35)34-26(23-9-4-5-10-24(23)29)19-25(31-34)21-7-6-8-22(18-21)37-2/h4-10,18,26H,3,11-17,19-20H2,1-2H3,(H,30,36)/t26-/m1/s1. The molecule has 0 aliphatic carbocycles. The van der Waals surface area contributed by atoms with Crippen LogP contribution in [0.2, 0.25) is 5.02 Å². The molecular weight excluding hydrogens is 506 g/mol. The molecule has 3 amide bonds. The molecule has 10 heteroatoms. The molecule has 0 spiro atoms. The number of hydrogen-bond acceptors (Lipinski definition) is 6. The van der Waals surface area contributed by atoms with Crippen molar-refractivity contribution < 1.29 is 19.1 Å². The molecule has 9 nitrogen and oxygen atoms in total. The summed E-state index contributed by atoms with van der Waals surface area (Å²) in [7, 11) is 1.62. The van der Waals surface area contributed by atoms with Crippen LogP contribution in [0.5, 0.6) is 5.75 Å². The van der Waals surface area contributed by atoms with E-state index in [9.17, 15) is 9.59 Å². The van der Waals surface area contributed by atoms with Crippen LogP contribution < -0.4 is 10.1 Å². The maximum Gasteiger partial charge on any atom is 0.317 e. The molecule has 4 rings (SSSR count). The molecule has 2 aromatic rings. The normalized spacial score (nSPS) is 17.7. The lowest BCUT2D eigenvalue weighted by atomic mass is 9.98. The van der Waals surface area contributed by atoms with Crippen LogP contribution in [0.4, 0.5) is 4.79 Å². The molecule has 0 unspecified atom stereocenters. The van der Waals surface area contributed by atoms with E-state index in [1.54, 1.807) is 12.0 Å². The van der Waals surface area contributed by atoms with Crippen LogP contribution in [0, 0.1) is 0 Å². The van der Waals surface area contributed by atoms with Crippen LogP contribution in [0.15, 0.2) is 53.6 Å². The first kappa shape index (κ1) is 27.9. The Kier molecular flexibility index (Phi) is 9.98. The van der Waals surface area contributed by atoms with Crippen molar-refractivity contribution in [1.82, 2.24) is 20.1 Å². The Labute approximate surface area is 229 Å². The molecule has 2 heterocycles. The largest absolute Gasteiger partial charge is 0.497 e. The van der Waals surface area contributed by atoms with Gasteiger partial charge in [-0.25, -0.2) is 9.80 Å². The number of nitrogens with zero attached hydrogens (tertiary/aromatic N) is 4. The molecule has 1 atom stereocenters. The lowest BCUT2D eigenvalue weighted by molar-refractivity contribution is -0.133. The lowest BCUT2D eigenvalue weighted by Gasteiger charge is -2.31. The van der Waals surface area contributed by atoms with Gasteiger partial charge in [-0.2, -0.15) is 5.10 Å². The minimum absolute atomic E-state index is 0.0876. The first-order valence-electron chi connectivity index (χ1n) is 13.1. The van der Waals surface area contributed by atoms with Gasteiger partial charge in [-0.05, 0) is 30.2 Å². The van der Waals surface area contributed by atoms with Crippen LogP contribution >= 0.6 is 11.6 Å². The lowest BCUT2D eigenvalue weighted by Crippen LogP contribution is -2.49. The predicted molar refractivity (Wildman–Crippen MR) is 148 cm³/mol. The number of rotatable bonds is 10. The predicted octanol–water partition coefficient (Wildman–Crippen LogP) is 3.78. The molecule has 2 aliphatic heterocycles. The minimum atomic E-state index is -0.378. The van der Waals surface area contributed by atoms with Crippen molar-refractivity contribution in [3.05, 3.63) is 64.7 Å². The fraction of sp³-hybridized carbons (Fsp3) is 0.464. The maximum atomic E-state index is 13.8. The first-order chi connectivity index (χ1) is 18.5. The number of amides is 3. The summed E-state index contributed by atoms with van der Waals surface area (Å²) in [5.74, 6) is 0.451. The van der Waals surface area contributed by atoms with E-state index >= 15 is 0 Å². The van der Waals surface area contributed by atoms with Crippen molar-refractivity contribution in [1.29, 1.82) is 0 Å². The number of carbonyl (C=O) groups excluding carboxylic acids is 2. The number of nitrogens with one attached hydrogen (secondary N) is 1. The van der Waals surface area contributed by atoms with Crippen LogP contribution in [-0.2, 0) is 9.53 Å². The second kappa shape index (κ2) is 13.6. The van der Waals surface area contributed by atoms with Crippen molar-refractivity contribution in [3.8, 4) is 5.75 Å². The maximum absolute atomic E-state index is 13.8. The van der Waals surface area contributed by atoms with Crippen molar-refractivity contribution >= 4 is 29.3 Å². The van der Waals surface area contributed by atoms with Gasteiger partial charge in [0.1, 0.15) is 12.3 Å². The summed E-state index contributed by atoms with van der Waals surface area (Å²) in [4.78, 5) is 30.6. The molecule has 38 heavy (non-hydrogen) atoms. The van der Waals surface area contributed by atoms with E-state index in [-0.39, 0.29) is 24.5 Å². The number of methoxy groups -OCH3 is 1. The molecule has 0 aromatic heterocycles. The Hall–Kier alpha value is -3.14. The molecule has 204 valence electrons. The number of morpholine rings is 1. The Morgan fingerprint density at radius 2 is 1.97 bits per heavy atom. The summed E-state index contributed by atoms with van der Waals surface area (Å²) in [6, 6.07) is 14.5. The zero-order valence-corrected chi connectivity index (χ0v) is 22.8. The number of carbonyl (C=O) groups is 2. The van der Waals surface area contributed by atoms with E-state index in [0.717, 1.165) is 36.3 Å². The average Bonchev–Trinajstić information content (AvgIpc) is 3.40. The molecule has 0 bridgehead atoms. The van der Waals surface area contributed by atoms with Gasteiger partial charge in [0.2, 0.25) is 0 Å². The van der Waals surface area contributed by atoms with E-state index in [1.165, 1.54) is 5.01 Å². The van der Waals surface area contributed by atoms with Crippen LogP contribution in [0.3, 0.4) is 0 Å². The van der Waals surface area contributed by atoms with E-state index in [2.05, 4.69) is 10.2 Å². The highest BCUT2D eigenvalue weighted by molar-refractivity contribution is 6.31. The third-order valence-electron chi connectivity index (χ3n) is 6.76. The quantitative estimate of drug-likeness (QED) is 0.495. The third kappa shape index (κ3) is 7.03. The number of hydrazone groups is 1. The van der Waals surface area contributed by atoms with Gasteiger partial charge in [0.15, 0.2) is 0 Å². The summed E-state index contributed by atoms with van der Waals surface area (Å²) >= 11 is 6.57. The Morgan fingerprint density at radius 3 is 2.71 bits per heavy atom. The monoisotopic (exact) mass is 541 g/mol. The second-order valence-corrected chi connectivity index (χ2v) is 9.77. The van der Waals surface area contributed by atoms with Gasteiger partial charge in [0, 0.05) is 49.7 Å². The van der Waals surface area contributed by atoms with Crippen LogP contribution in [-0.4, -0.2) is 92.1 Å². The number of ether oxygens (including phenoxy) is 2. The van der Waals surface area contributed by atoms with Gasteiger partial charge in [-0.1, -0.05) is 48.9 Å². The van der Waals surface area contributed by atoms with Crippen molar-refractivity contribution in [3.63, 3.8) is 0 Å². The van der Waals surface area contributed by atoms with E-state index < -0.39 is 0 Å². The van der Waals surface area contributed by atoms with E-state index in [4.69, 9.17) is 26.2 Å². The molecule has 0 radical (unpaired) electrons. The van der Waals surface area contributed by atoms with Crippen LogP contribution in [0.25, 0.3) is 0 Å². The molecule has 2 aliphatic rings. The van der Waals surface area contributed by atoms with E-state index in [1.807, 2.05) is 55.5 Å². The smallest absolute Gasteiger partial charge is 0.317 e. The average molecular weight is 542 g/mol. The van der Waals surface area contributed by atoms with Gasteiger partial charge in [0.25, 0.3) is 5.91 Å². The van der Waals surface area contributed by atoms with Gasteiger partial charge in [-0.15, -0.1) is 0 Å². The second-order valence-electron chi connectivity index (χ2n) is 9.37. The zero-order chi connectivity index (χ0) is 26.9. The molecule has 0 saturated carbocycles. The van der Waals surface area contributed by atoms with Gasteiger partial charge in [-0.3, -0.25) is 9.69 Å². The van der Waals surface area contributed by atoms with Gasteiger partial charge < -0.3 is 19.7 Å². The van der Waals surface area contributed by atoms with Crippen LogP contribution in [0.1, 0.15) is 36.9 Å². The zero-order valence-electron chi connectivity index (χ0n) is 22.1. The number of urea groups is 1. The SMILES string of the molecule is CCCNC(=O)N(CCN1CCOCC1)CC(=O)N1N=C(c2cccc(OC)c2)C[C@@H]1c1ccccc1Cl. The number of hydrogen-bond donors (Lipinski definition) is 1. The summed E-state index contributed by atoms with van der Waals surface area (Å²) in [6.45, 7) is 6.53. The van der Waals surface area contributed by atoms with E-state index in [0.29, 0.717) is 50.0 Å². The molecule has 1 N–H and O–H groups in total. The molecule has 1 fully saturated rings.